The average molecular weight is 384 g/mol. The highest BCUT2D eigenvalue weighted by Crippen LogP contribution is 2.40. The van der Waals surface area contributed by atoms with Crippen LogP contribution in [0.2, 0.25) is 0 Å². The van der Waals surface area contributed by atoms with Crippen molar-refractivity contribution in [1.29, 1.82) is 0 Å². The summed E-state index contributed by atoms with van der Waals surface area (Å²) < 4.78 is 11.5. The summed E-state index contributed by atoms with van der Waals surface area (Å²) in [5, 5.41) is 6.64. The van der Waals surface area contributed by atoms with E-state index in [4.69, 9.17) is 5.14 Å². The van der Waals surface area contributed by atoms with Crippen molar-refractivity contribution in [3.8, 4) is 0 Å². The van der Waals surface area contributed by atoms with Crippen LogP contribution in [-0.4, -0.2) is 20.0 Å². The Morgan fingerprint density at radius 1 is 1.08 bits per heavy atom. The van der Waals surface area contributed by atoms with E-state index in [0.717, 1.165) is 29.4 Å². The molecule has 2 nitrogen and oxygen atoms in total. The third-order valence-electron chi connectivity index (χ3n) is 6.27. The van der Waals surface area contributed by atoms with Crippen LogP contribution in [0.4, 0.5) is 0 Å². The van der Waals surface area contributed by atoms with Crippen molar-refractivity contribution in [1.82, 2.24) is 0 Å². The van der Waals surface area contributed by atoms with Crippen LogP contribution < -0.4 is 5.14 Å². The van der Waals surface area contributed by atoms with Crippen molar-refractivity contribution < 1.29 is 4.21 Å². The van der Waals surface area contributed by atoms with Gasteiger partial charge in [-0.05, 0) is 94.6 Å². The van der Waals surface area contributed by atoms with Crippen molar-refractivity contribution >= 4 is 22.7 Å². The van der Waals surface area contributed by atoms with Gasteiger partial charge in [0.15, 0.2) is 0 Å². The lowest BCUT2D eigenvalue weighted by molar-refractivity contribution is 0.416. The molecule has 2 N–H and O–H groups in total. The number of rotatable bonds is 10. The second kappa shape index (κ2) is 8.93. The first-order valence-electron chi connectivity index (χ1n) is 10.4. The monoisotopic (exact) mass is 383 g/mol. The molecule has 3 aliphatic carbocycles. The summed E-state index contributed by atoms with van der Waals surface area (Å²) in [6.45, 7) is 4.11. The first-order chi connectivity index (χ1) is 11.9. The van der Waals surface area contributed by atoms with Gasteiger partial charge in [-0.25, -0.2) is 4.21 Å². The summed E-state index contributed by atoms with van der Waals surface area (Å²) in [7, 11) is -1.24. The van der Waals surface area contributed by atoms with E-state index >= 15 is 0 Å². The Morgan fingerprint density at radius 3 is 2.28 bits per heavy atom. The lowest BCUT2D eigenvalue weighted by Gasteiger charge is -2.28. The molecule has 0 aromatic rings. The van der Waals surface area contributed by atoms with Gasteiger partial charge in [-0.15, -0.1) is 0 Å². The maximum Gasteiger partial charge on any atom is 0.0945 e. The Bertz CT molecular complexity index is 474. The van der Waals surface area contributed by atoms with E-state index in [9.17, 15) is 4.21 Å². The fourth-order valence-electron chi connectivity index (χ4n) is 4.04. The standard InChI is InChI=1S/C21H37NOS2/c1-21(2,25(22)23)14-19(13-17-4-5-17)8-3-16-9-11-20(12-10-16)24-15-18-6-7-18/h3,8,16-20H,4-7,9-15,22H2,1-2H3. The van der Waals surface area contributed by atoms with Crippen LogP contribution in [0.3, 0.4) is 0 Å². The molecule has 0 aromatic heterocycles. The third kappa shape index (κ3) is 7.03. The molecule has 4 heteroatoms. The van der Waals surface area contributed by atoms with Gasteiger partial charge < -0.3 is 0 Å². The molecular weight excluding hydrogens is 346 g/mol. The summed E-state index contributed by atoms with van der Waals surface area (Å²) in [5.74, 6) is 4.70. The largest absolute Gasteiger partial charge is 0.251 e. The van der Waals surface area contributed by atoms with E-state index in [1.54, 1.807) is 0 Å². The number of hydrogen-bond donors (Lipinski definition) is 1. The van der Waals surface area contributed by atoms with E-state index < -0.39 is 11.0 Å². The van der Waals surface area contributed by atoms with Gasteiger partial charge in [0.2, 0.25) is 0 Å². The molecule has 0 bridgehead atoms. The van der Waals surface area contributed by atoms with Gasteiger partial charge in [0, 0.05) is 5.25 Å². The molecule has 0 aliphatic heterocycles. The van der Waals surface area contributed by atoms with Gasteiger partial charge in [-0.1, -0.05) is 25.0 Å². The Hall–Kier alpha value is 0.200. The zero-order valence-electron chi connectivity index (χ0n) is 16.1. The van der Waals surface area contributed by atoms with Crippen molar-refractivity contribution in [3.05, 3.63) is 12.2 Å². The van der Waals surface area contributed by atoms with Gasteiger partial charge >= 0.3 is 0 Å². The zero-order chi connectivity index (χ0) is 17.9. The fraction of sp³-hybridized carbons (Fsp3) is 0.905. The molecule has 0 saturated heterocycles. The average Bonchev–Trinajstić information content (AvgIpc) is 3.46. The molecule has 2 unspecified atom stereocenters. The van der Waals surface area contributed by atoms with Crippen LogP contribution in [0.25, 0.3) is 0 Å². The predicted molar refractivity (Wildman–Crippen MR) is 112 cm³/mol. The first-order valence-corrected chi connectivity index (χ1v) is 12.6. The van der Waals surface area contributed by atoms with E-state index in [2.05, 4.69) is 37.8 Å². The minimum absolute atomic E-state index is 0.277. The highest BCUT2D eigenvalue weighted by Gasteiger charge is 2.31. The van der Waals surface area contributed by atoms with Crippen molar-refractivity contribution in [3.63, 3.8) is 0 Å². The summed E-state index contributed by atoms with van der Waals surface area (Å²) in [5.41, 5.74) is 0. The van der Waals surface area contributed by atoms with E-state index in [1.165, 1.54) is 63.5 Å². The summed E-state index contributed by atoms with van der Waals surface area (Å²) >= 11 is 2.25. The van der Waals surface area contributed by atoms with E-state index in [-0.39, 0.29) is 4.75 Å². The number of hydrogen-bond acceptors (Lipinski definition) is 2. The van der Waals surface area contributed by atoms with Gasteiger partial charge in [0.25, 0.3) is 0 Å². The molecule has 3 rings (SSSR count). The van der Waals surface area contributed by atoms with Gasteiger partial charge in [0.1, 0.15) is 0 Å². The lowest BCUT2D eigenvalue weighted by Crippen LogP contribution is -2.34. The molecule has 0 radical (unpaired) electrons. The maximum absolute atomic E-state index is 11.8. The quantitative estimate of drug-likeness (QED) is 0.510. The highest BCUT2D eigenvalue weighted by atomic mass is 32.2. The highest BCUT2D eigenvalue weighted by molar-refractivity contribution is 7.99. The van der Waals surface area contributed by atoms with Crippen LogP contribution in [0.1, 0.15) is 78.1 Å². The molecule has 2 atom stereocenters. The van der Waals surface area contributed by atoms with Crippen LogP contribution in [0.15, 0.2) is 12.2 Å². The molecule has 0 aromatic carbocycles. The normalized spacial score (nSPS) is 30.5. The molecule has 3 aliphatic rings. The lowest BCUT2D eigenvalue weighted by atomic mass is 9.85. The molecule has 0 spiro atoms. The second-order valence-electron chi connectivity index (χ2n) is 9.40. The molecular formula is C21H37NOS2. The van der Waals surface area contributed by atoms with Crippen LogP contribution in [-0.2, 0) is 11.0 Å². The van der Waals surface area contributed by atoms with Gasteiger partial charge in [0.05, 0.1) is 15.7 Å². The van der Waals surface area contributed by atoms with Gasteiger partial charge in [-0.3, -0.25) is 5.14 Å². The van der Waals surface area contributed by atoms with Crippen molar-refractivity contribution in [2.45, 2.75) is 88.1 Å². The minimum atomic E-state index is -1.24. The molecule has 0 amide bonds. The Balaban J connectivity index is 1.44. The van der Waals surface area contributed by atoms with Crippen molar-refractivity contribution in [2.24, 2.45) is 28.8 Å². The smallest absolute Gasteiger partial charge is 0.0945 e. The SMILES string of the molecule is CC(C)(CC(C=CC1CCC(SCC2CC2)CC1)CC1CC1)S(N)=O. The van der Waals surface area contributed by atoms with Crippen LogP contribution in [0.5, 0.6) is 0 Å². The number of allylic oxidation sites excluding steroid dienone is 2. The van der Waals surface area contributed by atoms with Crippen molar-refractivity contribution in [2.75, 3.05) is 5.75 Å². The number of thioether (sulfide) groups is 1. The molecule has 25 heavy (non-hydrogen) atoms. The predicted octanol–water partition coefficient (Wildman–Crippen LogP) is 5.45. The Morgan fingerprint density at radius 2 is 1.72 bits per heavy atom. The number of nitrogens with two attached hydrogens (primary N) is 1. The summed E-state index contributed by atoms with van der Waals surface area (Å²) in [6, 6.07) is 0. The first kappa shape index (κ1) is 19.9. The van der Waals surface area contributed by atoms with Crippen LogP contribution >= 0.6 is 11.8 Å². The minimum Gasteiger partial charge on any atom is -0.251 e. The molecule has 3 saturated carbocycles. The zero-order valence-corrected chi connectivity index (χ0v) is 17.8. The molecule has 3 fully saturated rings. The Labute approximate surface area is 161 Å². The van der Waals surface area contributed by atoms with E-state index in [0.29, 0.717) is 5.92 Å². The maximum atomic E-state index is 11.8. The summed E-state index contributed by atoms with van der Waals surface area (Å²) in [4.78, 5) is 0. The Kier molecular flexibility index (Phi) is 7.12. The molecule has 144 valence electrons. The van der Waals surface area contributed by atoms with E-state index in [1.807, 2.05) is 0 Å². The summed E-state index contributed by atoms with van der Waals surface area (Å²) in [6.07, 6.45) is 18.5. The topological polar surface area (TPSA) is 43.1 Å². The van der Waals surface area contributed by atoms with Gasteiger partial charge in [-0.2, -0.15) is 11.8 Å². The third-order valence-corrected chi connectivity index (χ3v) is 9.13. The van der Waals surface area contributed by atoms with Crippen LogP contribution in [0, 0.1) is 23.7 Å². The second-order valence-corrected chi connectivity index (χ2v) is 12.4. The molecule has 0 heterocycles. The fourth-order valence-corrected chi connectivity index (χ4v) is 5.91.